The van der Waals surface area contributed by atoms with Gasteiger partial charge in [-0.1, -0.05) is 18.2 Å². The van der Waals surface area contributed by atoms with Crippen LogP contribution in [0.2, 0.25) is 0 Å². The van der Waals surface area contributed by atoms with Gasteiger partial charge in [0, 0.05) is 25.2 Å². The van der Waals surface area contributed by atoms with Gasteiger partial charge >= 0.3 is 0 Å². The van der Waals surface area contributed by atoms with Crippen LogP contribution in [0.1, 0.15) is 35.4 Å². The second-order valence-electron chi connectivity index (χ2n) is 7.57. The van der Waals surface area contributed by atoms with E-state index in [1.54, 1.807) is 41.3 Å². The maximum absolute atomic E-state index is 12.9. The van der Waals surface area contributed by atoms with E-state index in [9.17, 15) is 13.2 Å². The van der Waals surface area contributed by atoms with Crippen molar-refractivity contribution in [1.29, 1.82) is 0 Å². The molecular formula is C20H25ClN2O4S. The van der Waals surface area contributed by atoms with E-state index in [0.717, 1.165) is 32.4 Å². The van der Waals surface area contributed by atoms with Gasteiger partial charge in [0.05, 0.1) is 16.9 Å². The number of nitrogens with zero attached hydrogens (tertiary/aromatic N) is 1. The molecule has 1 amide bonds. The highest BCUT2D eigenvalue weighted by Crippen LogP contribution is 2.37. The summed E-state index contributed by atoms with van der Waals surface area (Å²) in [6, 6.07) is 9.87. The molecule has 6 nitrogen and oxygen atoms in total. The Bertz CT molecular complexity index is 911. The van der Waals surface area contributed by atoms with E-state index in [4.69, 9.17) is 4.42 Å². The van der Waals surface area contributed by atoms with E-state index < -0.39 is 9.84 Å². The second kappa shape index (κ2) is 8.27. The Kier molecular flexibility index (Phi) is 6.17. The molecule has 2 aliphatic heterocycles. The first-order valence-electron chi connectivity index (χ1n) is 9.33. The van der Waals surface area contributed by atoms with Gasteiger partial charge in [0.1, 0.15) is 0 Å². The number of rotatable bonds is 4. The molecule has 152 valence electrons. The number of carbonyl (C=O) groups excluding carboxylic acids is 1. The fraction of sp³-hybridized carbons (Fsp3) is 0.450. The summed E-state index contributed by atoms with van der Waals surface area (Å²) in [5, 5.41) is 3.42. The molecule has 0 saturated carbocycles. The van der Waals surface area contributed by atoms with E-state index >= 15 is 0 Å². The van der Waals surface area contributed by atoms with Gasteiger partial charge in [-0.15, -0.1) is 12.4 Å². The first-order chi connectivity index (χ1) is 13.0. The average Bonchev–Trinajstić information content (AvgIpc) is 3.32. The fourth-order valence-corrected chi connectivity index (χ4v) is 5.48. The Morgan fingerprint density at radius 1 is 1.11 bits per heavy atom. The normalized spacial score (nSPS) is 18.8. The number of nitrogens with one attached hydrogen (secondary N) is 1. The molecule has 0 unspecified atom stereocenters. The number of halogens is 1. The number of likely N-dealkylation sites (tertiary alicyclic amines) is 1. The van der Waals surface area contributed by atoms with E-state index in [0.29, 0.717) is 24.1 Å². The van der Waals surface area contributed by atoms with Crippen LogP contribution in [0.3, 0.4) is 0 Å². The van der Waals surface area contributed by atoms with Crippen LogP contribution in [0.25, 0.3) is 0 Å². The van der Waals surface area contributed by atoms with Gasteiger partial charge in [-0.3, -0.25) is 4.79 Å². The summed E-state index contributed by atoms with van der Waals surface area (Å²) in [7, 11) is -3.53. The van der Waals surface area contributed by atoms with E-state index in [2.05, 4.69) is 5.32 Å². The van der Waals surface area contributed by atoms with Gasteiger partial charge in [0.2, 0.25) is 0 Å². The third-order valence-electron chi connectivity index (χ3n) is 5.83. The number of piperidine rings is 1. The van der Waals surface area contributed by atoms with Gasteiger partial charge < -0.3 is 14.6 Å². The van der Waals surface area contributed by atoms with Crippen molar-refractivity contribution in [3.8, 4) is 0 Å². The zero-order valence-corrected chi connectivity index (χ0v) is 17.2. The minimum Gasteiger partial charge on any atom is -0.459 e. The quantitative estimate of drug-likeness (QED) is 0.816. The number of benzene rings is 1. The minimum atomic E-state index is -3.53. The summed E-state index contributed by atoms with van der Waals surface area (Å²) >= 11 is 0. The van der Waals surface area contributed by atoms with Crippen LogP contribution >= 0.6 is 12.4 Å². The van der Waals surface area contributed by atoms with Crippen LogP contribution in [0.4, 0.5) is 0 Å². The second-order valence-corrected chi connectivity index (χ2v) is 9.56. The minimum absolute atomic E-state index is 0. The van der Waals surface area contributed by atoms with Crippen LogP contribution in [-0.4, -0.2) is 45.4 Å². The summed E-state index contributed by atoms with van der Waals surface area (Å²) in [5.41, 5.74) is 0.742. The smallest absolute Gasteiger partial charge is 0.289 e. The molecule has 0 radical (unpaired) electrons. The van der Waals surface area contributed by atoms with Gasteiger partial charge in [-0.05, 0) is 49.4 Å². The highest BCUT2D eigenvalue weighted by atomic mass is 35.5. The first kappa shape index (κ1) is 20.9. The predicted octanol–water partition coefficient (Wildman–Crippen LogP) is 2.89. The van der Waals surface area contributed by atoms with Crippen molar-refractivity contribution < 1.29 is 17.6 Å². The van der Waals surface area contributed by atoms with E-state index in [1.807, 2.05) is 0 Å². The van der Waals surface area contributed by atoms with Crippen LogP contribution in [-0.2, 0) is 15.6 Å². The van der Waals surface area contributed by atoms with Gasteiger partial charge in [-0.2, -0.15) is 0 Å². The van der Waals surface area contributed by atoms with Crippen LogP contribution < -0.4 is 5.32 Å². The molecule has 1 aromatic carbocycles. The SMILES string of the molecule is Cl.O=C(c1occc1CS(=O)(=O)c1ccccc1)N1CCC2(CCNC2)CC1. The molecule has 0 bridgehead atoms. The fourth-order valence-electron chi connectivity index (χ4n) is 4.10. The number of furan rings is 1. The zero-order chi connectivity index (χ0) is 18.9. The lowest BCUT2D eigenvalue weighted by atomic mass is 9.78. The molecule has 0 aliphatic carbocycles. The summed E-state index contributed by atoms with van der Waals surface area (Å²) in [6.07, 6.45) is 4.51. The Hall–Kier alpha value is -1.83. The monoisotopic (exact) mass is 424 g/mol. The summed E-state index contributed by atoms with van der Waals surface area (Å²) in [4.78, 5) is 15.0. The van der Waals surface area contributed by atoms with Crippen LogP contribution in [0.5, 0.6) is 0 Å². The summed E-state index contributed by atoms with van der Waals surface area (Å²) < 4.78 is 30.7. The van der Waals surface area contributed by atoms with Crippen molar-refractivity contribution >= 4 is 28.2 Å². The zero-order valence-electron chi connectivity index (χ0n) is 15.6. The summed E-state index contributed by atoms with van der Waals surface area (Å²) in [6.45, 7) is 3.45. The van der Waals surface area contributed by atoms with Crippen molar-refractivity contribution in [2.75, 3.05) is 26.2 Å². The number of sulfone groups is 1. The van der Waals surface area contributed by atoms with Crippen molar-refractivity contribution in [1.82, 2.24) is 10.2 Å². The third kappa shape index (κ3) is 4.11. The predicted molar refractivity (Wildman–Crippen MR) is 108 cm³/mol. The molecule has 2 saturated heterocycles. The molecule has 2 fully saturated rings. The molecular weight excluding hydrogens is 400 g/mol. The largest absolute Gasteiger partial charge is 0.459 e. The number of hydrogen-bond donors (Lipinski definition) is 1. The lowest BCUT2D eigenvalue weighted by Gasteiger charge is -2.38. The molecule has 2 aromatic rings. The van der Waals surface area contributed by atoms with E-state index in [-0.39, 0.29) is 34.7 Å². The highest BCUT2D eigenvalue weighted by molar-refractivity contribution is 7.90. The lowest BCUT2D eigenvalue weighted by molar-refractivity contribution is 0.0576. The molecule has 1 spiro atoms. The van der Waals surface area contributed by atoms with Crippen molar-refractivity contribution in [3.05, 3.63) is 54.0 Å². The van der Waals surface area contributed by atoms with Crippen molar-refractivity contribution in [3.63, 3.8) is 0 Å². The summed E-state index contributed by atoms with van der Waals surface area (Å²) in [5.74, 6) is -0.301. The molecule has 1 N–H and O–H groups in total. The molecule has 2 aliphatic rings. The molecule has 4 rings (SSSR count). The first-order valence-corrected chi connectivity index (χ1v) is 11.0. The molecule has 28 heavy (non-hydrogen) atoms. The average molecular weight is 425 g/mol. The lowest BCUT2D eigenvalue weighted by Crippen LogP contribution is -2.44. The Morgan fingerprint density at radius 3 is 2.46 bits per heavy atom. The molecule has 3 heterocycles. The van der Waals surface area contributed by atoms with E-state index in [1.165, 1.54) is 6.26 Å². The maximum Gasteiger partial charge on any atom is 0.289 e. The van der Waals surface area contributed by atoms with Crippen LogP contribution in [0, 0.1) is 5.41 Å². The molecule has 8 heteroatoms. The third-order valence-corrected chi connectivity index (χ3v) is 7.51. The molecule has 1 aromatic heterocycles. The van der Waals surface area contributed by atoms with Gasteiger partial charge in [-0.25, -0.2) is 8.42 Å². The highest BCUT2D eigenvalue weighted by Gasteiger charge is 2.39. The number of hydrogen-bond acceptors (Lipinski definition) is 5. The Labute approximate surface area is 171 Å². The maximum atomic E-state index is 12.9. The molecule has 0 atom stereocenters. The van der Waals surface area contributed by atoms with Gasteiger partial charge in [0.15, 0.2) is 15.6 Å². The standard InChI is InChI=1S/C20H24N2O4S.ClH/c23-19(22-11-8-20(9-12-22)7-10-21-15-20)18-16(6-13-26-18)14-27(24,25)17-4-2-1-3-5-17;/h1-6,13,21H,7-12,14-15H2;1H. The van der Waals surface area contributed by atoms with Crippen molar-refractivity contribution in [2.45, 2.75) is 29.9 Å². The number of amides is 1. The Morgan fingerprint density at radius 2 is 1.82 bits per heavy atom. The van der Waals surface area contributed by atoms with Crippen LogP contribution in [0.15, 0.2) is 52.0 Å². The van der Waals surface area contributed by atoms with Crippen molar-refractivity contribution in [2.24, 2.45) is 5.41 Å². The topological polar surface area (TPSA) is 79.6 Å². The number of carbonyl (C=O) groups is 1. The Balaban J connectivity index is 0.00000225. The van der Waals surface area contributed by atoms with Gasteiger partial charge in [0.25, 0.3) is 5.91 Å².